The lowest BCUT2D eigenvalue weighted by Gasteiger charge is -2.14. The van der Waals surface area contributed by atoms with Gasteiger partial charge in [-0.15, -0.1) is 0 Å². The van der Waals surface area contributed by atoms with Crippen LogP contribution in [-0.2, 0) is 0 Å². The van der Waals surface area contributed by atoms with Gasteiger partial charge in [-0.25, -0.2) is 0 Å². The van der Waals surface area contributed by atoms with Crippen molar-refractivity contribution in [1.29, 1.82) is 0 Å². The van der Waals surface area contributed by atoms with Crippen LogP contribution in [0.15, 0.2) is 60.7 Å². The fourth-order valence-electron chi connectivity index (χ4n) is 4.30. The summed E-state index contributed by atoms with van der Waals surface area (Å²) in [6, 6.07) is 12.7. The molecule has 0 heterocycles. The molecule has 0 saturated carbocycles. The number of unbranched alkanes of at least 4 members (excludes halogenated alkanes) is 6. The minimum absolute atomic E-state index is 0.142. The summed E-state index contributed by atoms with van der Waals surface area (Å²) in [7, 11) is 0. The highest BCUT2D eigenvalue weighted by molar-refractivity contribution is 6.04. The minimum Gasteiger partial charge on any atom is -0.494 e. The van der Waals surface area contributed by atoms with Gasteiger partial charge in [0.05, 0.1) is 24.3 Å². The van der Waals surface area contributed by atoms with E-state index in [1.165, 1.54) is 12.1 Å². The second-order valence-electron chi connectivity index (χ2n) is 9.36. The van der Waals surface area contributed by atoms with E-state index >= 15 is 0 Å². The zero-order valence-electron chi connectivity index (χ0n) is 22.2. The molecule has 0 aromatic heterocycles. The average molecular weight is 523 g/mol. The molecule has 0 bridgehead atoms. The normalized spacial score (nSPS) is 10.8. The molecule has 4 nitrogen and oxygen atoms in total. The average Bonchev–Trinajstić information content (AvgIpc) is 2.93. The van der Waals surface area contributed by atoms with Crippen LogP contribution in [-0.4, -0.2) is 25.3 Å². The van der Waals surface area contributed by atoms with Gasteiger partial charge in [-0.3, -0.25) is 9.59 Å². The number of benzene rings is 3. The molecule has 0 N–H and O–H groups in total. The maximum Gasteiger partial charge on any atom is 0.332 e. The summed E-state index contributed by atoms with van der Waals surface area (Å²) in [5.74, 6) is 1.29. The van der Waals surface area contributed by atoms with E-state index < -0.39 is 12.1 Å². The molecule has 0 amide bonds. The van der Waals surface area contributed by atoms with Crippen molar-refractivity contribution in [1.82, 2.24) is 0 Å². The van der Waals surface area contributed by atoms with Crippen LogP contribution < -0.4 is 9.47 Å². The molecule has 0 unspecified atom stereocenters. The molecular formula is C32H36F2O4. The SMILES string of the molecule is CCCCCCOc1ccc(-c2cc(C(=O)F)c(-c3ccc(OCCCCCC)cc3)cc2C(=O)F)cc1. The number of carbonyl (C=O) groups excluding carboxylic acids is 2. The van der Waals surface area contributed by atoms with Crippen LogP contribution in [0.4, 0.5) is 8.78 Å². The van der Waals surface area contributed by atoms with Crippen molar-refractivity contribution in [2.75, 3.05) is 13.2 Å². The summed E-state index contributed by atoms with van der Waals surface area (Å²) in [6.45, 7) is 5.47. The van der Waals surface area contributed by atoms with Crippen LogP contribution in [0.2, 0.25) is 0 Å². The number of hydrogen-bond acceptors (Lipinski definition) is 4. The molecule has 6 heteroatoms. The fourth-order valence-corrected chi connectivity index (χ4v) is 4.30. The first-order valence-corrected chi connectivity index (χ1v) is 13.5. The lowest BCUT2D eigenvalue weighted by molar-refractivity contribution is 0.0823. The number of halogens is 2. The molecule has 0 radical (unpaired) electrons. The molecule has 202 valence electrons. The van der Waals surface area contributed by atoms with E-state index in [2.05, 4.69) is 13.8 Å². The van der Waals surface area contributed by atoms with Crippen molar-refractivity contribution >= 4 is 12.1 Å². The molecule has 0 aliphatic carbocycles. The van der Waals surface area contributed by atoms with Crippen molar-refractivity contribution in [3.63, 3.8) is 0 Å². The molecule has 38 heavy (non-hydrogen) atoms. The summed E-state index contributed by atoms with van der Waals surface area (Å²) < 4.78 is 39.9. The largest absolute Gasteiger partial charge is 0.494 e. The highest BCUT2D eigenvalue weighted by atomic mass is 19.1. The highest BCUT2D eigenvalue weighted by Gasteiger charge is 2.21. The van der Waals surface area contributed by atoms with E-state index in [1.54, 1.807) is 48.5 Å². The van der Waals surface area contributed by atoms with E-state index in [0.717, 1.165) is 51.4 Å². The van der Waals surface area contributed by atoms with Crippen molar-refractivity contribution in [2.45, 2.75) is 65.2 Å². The lowest BCUT2D eigenvalue weighted by Crippen LogP contribution is -2.03. The Labute approximate surface area is 224 Å². The zero-order valence-corrected chi connectivity index (χ0v) is 22.2. The quantitative estimate of drug-likeness (QED) is 0.139. The van der Waals surface area contributed by atoms with E-state index in [-0.39, 0.29) is 22.3 Å². The van der Waals surface area contributed by atoms with Gasteiger partial charge < -0.3 is 9.47 Å². The van der Waals surface area contributed by atoms with Crippen LogP contribution in [0.3, 0.4) is 0 Å². The molecule has 3 aromatic rings. The van der Waals surface area contributed by atoms with Crippen LogP contribution in [0.1, 0.15) is 85.9 Å². The zero-order chi connectivity index (χ0) is 27.3. The Morgan fingerprint density at radius 1 is 0.579 bits per heavy atom. The van der Waals surface area contributed by atoms with Gasteiger partial charge in [0.1, 0.15) is 11.5 Å². The van der Waals surface area contributed by atoms with Crippen LogP contribution >= 0.6 is 0 Å². The Balaban J connectivity index is 1.83. The van der Waals surface area contributed by atoms with Gasteiger partial charge >= 0.3 is 12.1 Å². The molecule has 0 fully saturated rings. The van der Waals surface area contributed by atoms with Gasteiger partial charge in [0, 0.05) is 0 Å². The van der Waals surface area contributed by atoms with Crippen molar-refractivity contribution in [2.24, 2.45) is 0 Å². The van der Waals surface area contributed by atoms with Gasteiger partial charge in [-0.05, 0) is 71.5 Å². The third-order valence-corrected chi connectivity index (χ3v) is 6.45. The van der Waals surface area contributed by atoms with Crippen molar-refractivity contribution in [3.05, 3.63) is 71.8 Å². The van der Waals surface area contributed by atoms with Gasteiger partial charge in [-0.1, -0.05) is 76.6 Å². The molecule has 0 aliphatic heterocycles. The van der Waals surface area contributed by atoms with E-state index in [1.807, 2.05) is 0 Å². The number of rotatable bonds is 16. The molecule has 3 rings (SSSR count). The summed E-state index contributed by atoms with van der Waals surface area (Å²) in [4.78, 5) is 23.9. The lowest BCUT2D eigenvalue weighted by atomic mass is 9.91. The maximum atomic E-state index is 14.2. The van der Waals surface area contributed by atoms with Crippen LogP contribution in [0.5, 0.6) is 11.5 Å². The fraction of sp³-hybridized carbons (Fsp3) is 0.375. The highest BCUT2D eigenvalue weighted by Crippen LogP contribution is 2.35. The Kier molecular flexibility index (Phi) is 11.5. The maximum absolute atomic E-state index is 14.2. The molecule has 0 atom stereocenters. The van der Waals surface area contributed by atoms with E-state index in [9.17, 15) is 18.4 Å². The Morgan fingerprint density at radius 2 is 0.947 bits per heavy atom. The Morgan fingerprint density at radius 3 is 1.26 bits per heavy atom. The number of carbonyl (C=O) groups is 2. The topological polar surface area (TPSA) is 52.6 Å². The van der Waals surface area contributed by atoms with Gasteiger partial charge in [-0.2, -0.15) is 8.78 Å². The van der Waals surface area contributed by atoms with E-state index in [4.69, 9.17) is 9.47 Å². The summed E-state index contributed by atoms with van der Waals surface area (Å²) >= 11 is 0. The molecule has 0 aliphatic rings. The van der Waals surface area contributed by atoms with Crippen LogP contribution in [0, 0.1) is 0 Å². The predicted molar refractivity (Wildman–Crippen MR) is 147 cm³/mol. The molecule has 0 saturated heterocycles. The monoisotopic (exact) mass is 522 g/mol. The van der Waals surface area contributed by atoms with E-state index in [0.29, 0.717) is 35.8 Å². The predicted octanol–water partition coefficient (Wildman–Crippen LogP) is 9.16. The van der Waals surface area contributed by atoms with Crippen LogP contribution in [0.25, 0.3) is 22.3 Å². The third kappa shape index (κ3) is 8.23. The van der Waals surface area contributed by atoms with Gasteiger partial charge in [0.15, 0.2) is 0 Å². The van der Waals surface area contributed by atoms with Gasteiger partial charge in [0.2, 0.25) is 0 Å². The number of hydrogen-bond donors (Lipinski definition) is 0. The van der Waals surface area contributed by atoms with Gasteiger partial charge in [0.25, 0.3) is 0 Å². The first-order valence-electron chi connectivity index (χ1n) is 13.5. The summed E-state index contributed by atoms with van der Waals surface area (Å²) in [6.07, 6.45) is 8.69. The Bertz CT molecular complexity index is 1090. The number of ether oxygens (including phenoxy) is 2. The second kappa shape index (κ2) is 15.0. The standard InChI is InChI=1S/C32H36F2O4/c1-3-5-7-9-19-37-25-15-11-23(12-16-25)27-21-30(32(34)36)28(22-29(27)31(33)35)24-13-17-26(18-14-24)38-20-10-8-6-4-2/h11-18,21-22H,3-10,19-20H2,1-2H3. The second-order valence-corrected chi connectivity index (χ2v) is 9.36. The smallest absolute Gasteiger partial charge is 0.332 e. The summed E-state index contributed by atoms with van der Waals surface area (Å²) in [5, 5.41) is 0. The molecule has 0 spiro atoms. The first kappa shape index (κ1) is 29.0. The third-order valence-electron chi connectivity index (χ3n) is 6.45. The minimum atomic E-state index is -1.66. The molecule has 3 aromatic carbocycles. The summed E-state index contributed by atoms with van der Waals surface area (Å²) in [5.41, 5.74) is 0.756. The van der Waals surface area contributed by atoms with Crippen molar-refractivity contribution < 1.29 is 27.8 Å². The first-order chi connectivity index (χ1) is 18.4. The molecular weight excluding hydrogens is 486 g/mol. The van der Waals surface area contributed by atoms with Crippen molar-refractivity contribution in [3.8, 4) is 33.8 Å². The Hall–Kier alpha value is -3.54.